The average Bonchev–Trinajstić information content (AvgIpc) is 3.06. The van der Waals surface area contributed by atoms with Gasteiger partial charge in [0.05, 0.1) is 10.4 Å². The molecule has 3 N–H and O–H groups in total. The highest BCUT2D eigenvalue weighted by Gasteiger charge is 2.22. The van der Waals surface area contributed by atoms with E-state index in [1.54, 1.807) is 12.4 Å². The van der Waals surface area contributed by atoms with Crippen LogP contribution in [0.3, 0.4) is 0 Å². The standard InChI is InChI=1S/C18H19N5OS/c19-16-15-14(22-17(23-16)11-6-8-20-9-7-11)13(10-25-15)21-18(24)12-4-2-1-3-5-12/h6-10,12H,1-5H2,(H,21,24)(H2,19,22,23). The number of thiophene rings is 1. The maximum absolute atomic E-state index is 12.6. The lowest BCUT2D eigenvalue weighted by Gasteiger charge is -2.20. The maximum atomic E-state index is 12.6. The summed E-state index contributed by atoms with van der Waals surface area (Å²) >= 11 is 1.46. The van der Waals surface area contributed by atoms with Gasteiger partial charge in [-0.05, 0) is 25.0 Å². The molecule has 128 valence electrons. The first-order valence-electron chi connectivity index (χ1n) is 8.48. The minimum atomic E-state index is 0.0852. The molecule has 1 amide bonds. The number of nitrogen functional groups attached to an aromatic ring is 1. The second-order valence-electron chi connectivity index (χ2n) is 6.32. The Labute approximate surface area is 149 Å². The number of hydrogen-bond donors (Lipinski definition) is 2. The van der Waals surface area contributed by atoms with Crippen molar-refractivity contribution in [3.05, 3.63) is 29.9 Å². The summed E-state index contributed by atoms with van der Waals surface area (Å²) in [5.74, 6) is 1.16. The van der Waals surface area contributed by atoms with Crippen LogP contribution in [-0.4, -0.2) is 20.9 Å². The van der Waals surface area contributed by atoms with E-state index in [2.05, 4.69) is 20.3 Å². The van der Waals surface area contributed by atoms with Crippen molar-refractivity contribution in [2.75, 3.05) is 11.1 Å². The van der Waals surface area contributed by atoms with Gasteiger partial charge in [0.1, 0.15) is 11.3 Å². The largest absolute Gasteiger partial charge is 0.382 e. The Kier molecular flexibility index (Phi) is 4.31. The van der Waals surface area contributed by atoms with E-state index in [1.165, 1.54) is 17.8 Å². The maximum Gasteiger partial charge on any atom is 0.227 e. The number of carbonyl (C=O) groups is 1. The lowest BCUT2D eigenvalue weighted by molar-refractivity contribution is -0.120. The van der Waals surface area contributed by atoms with Gasteiger partial charge in [0, 0.05) is 29.3 Å². The van der Waals surface area contributed by atoms with Crippen LogP contribution in [-0.2, 0) is 4.79 Å². The van der Waals surface area contributed by atoms with E-state index in [-0.39, 0.29) is 11.8 Å². The predicted molar refractivity (Wildman–Crippen MR) is 100 cm³/mol. The molecule has 0 aliphatic heterocycles. The van der Waals surface area contributed by atoms with Crippen LogP contribution in [0.15, 0.2) is 29.9 Å². The van der Waals surface area contributed by atoms with Crippen LogP contribution in [0.5, 0.6) is 0 Å². The van der Waals surface area contributed by atoms with Crippen molar-refractivity contribution in [2.45, 2.75) is 32.1 Å². The van der Waals surface area contributed by atoms with Gasteiger partial charge in [0.25, 0.3) is 0 Å². The van der Waals surface area contributed by atoms with Gasteiger partial charge in [0.2, 0.25) is 5.91 Å². The first kappa shape index (κ1) is 16.0. The molecule has 3 heterocycles. The summed E-state index contributed by atoms with van der Waals surface area (Å²) in [5.41, 5.74) is 8.38. The number of nitrogens with two attached hydrogens (primary N) is 1. The van der Waals surface area contributed by atoms with Crippen LogP contribution in [0.1, 0.15) is 32.1 Å². The molecule has 0 saturated heterocycles. The molecule has 1 aliphatic rings. The number of nitrogens with zero attached hydrogens (tertiary/aromatic N) is 3. The molecule has 0 atom stereocenters. The third-order valence-corrected chi connectivity index (χ3v) is 5.61. The molecule has 0 bridgehead atoms. The van der Waals surface area contributed by atoms with E-state index >= 15 is 0 Å². The highest BCUT2D eigenvalue weighted by atomic mass is 32.1. The number of anilines is 2. The summed E-state index contributed by atoms with van der Waals surface area (Å²) in [7, 11) is 0. The molecular formula is C18H19N5OS. The first-order chi connectivity index (χ1) is 12.2. The van der Waals surface area contributed by atoms with E-state index in [0.29, 0.717) is 17.2 Å². The van der Waals surface area contributed by atoms with Crippen LogP contribution in [0.25, 0.3) is 21.6 Å². The Morgan fingerprint density at radius 1 is 1.16 bits per heavy atom. The lowest BCUT2D eigenvalue weighted by Crippen LogP contribution is -2.24. The van der Waals surface area contributed by atoms with Crippen LogP contribution in [0.4, 0.5) is 11.5 Å². The summed E-state index contributed by atoms with van der Waals surface area (Å²) in [6.45, 7) is 0. The molecule has 0 spiro atoms. The number of carbonyl (C=O) groups excluding carboxylic acids is 1. The van der Waals surface area contributed by atoms with Crippen LogP contribution in [0, 0.1) is 5.92 Å². The number of aromatic nitrogens is 3. The van der Waals surface area contributed by atoms with Crippen LogP contribution >= 0.6 is 11.3 Å². The molecule has 25 heavy (non-hydrogen) atoms. The highest BCUT2D eigenvalue weighted by molar-refractivity contribution is 7.18. The van der Waals surface area contributed by atoms with Gasteiger partial charge in [0.15, 0.2) is 5.82 Å². The Morgan fingerprint density at radius 2 is 1.92 bits per heavy atom. The quantitative estimate of drug-likeness (QED) is 0.746. The topological polar surface area (TPSA) is 93.8 Å². The molecule has 0 aromatic carbocycles. The average molecular weight is 353 g/mol. The fourth-order valence-corrected chi connectivity index (χ4v) is 4.10. The molecule has 6 nitrogen and oxygen atoms in total. The Hall–Kier alpha value is -2.54. The van der Waals surface area contributed by atoms with Gasteiger partial charge in [-0.2, -0.15) is 0 Å². The number of rotatable bonds is 3. The van der Waals surface area contributed by atoms with Crippen molar-refractivity contribution in [1.29, 1.82) is 0 Å². The Balaban J connectivity index is 1.67. The van der Waals surface area contributed by atoms with E-state index in [4.69, 9.17) is 5.73 Å². The van der Waals surface area contributed by atoms with Gasteiger partial charge in [-0.3, -0.25) is 9.78 Å². The predicted octanol–water partition coefficient (Wildman–Crippen LogP) is 3.85. The molecule has 0 unspecified atom stereocenters. The lowest BCUT2D eigenvalue weighted by atomic mass is 9.88. The highest BCUT2D eigenvalue weighted by Crippen LogP contribution is 2.34. The number of amides is 1. The molecule has 1 aliphatic carbocycles. The van der Waals surface area contributed by atoms with Crippen LogP contribution < -0.4 is 11.1 Å². The van der Waals surface area contributed by atoms with Gasteiger partial charge >= 0.3 is 0 Å². The molecule has 3 aromatic rings. The van der Waals surface area contributed by atoms with Crippen molar-refractivity contribution >= 4 is 39.0 Å². The Bertz CT molecular complexity index is 902. The fraction of sp³-hybridized carbons (Fsp3) is 0.333. The summed E-state index contributed by atoms with van der Waals surface area (Å²) in [4.78, 5) is 25.6. The molecule has 7 heteroatoms. The van der Waals surface area contributed by atoms with Gasteiger partial charge < -0.3 is 11.1 Å². The van der Waals surface area contributed by atoms with Gasteiger partial charge in [-0.15, -0.1) is 11.3 Å². The second kappa shape index (κ2) is 6.76. The smallest absolute Gasteiger partial charge is 0.227 e. The molecule has 4 rings (SSSR count). The molecular weight excluding hydrogens is 334 g/mol. The molecule has 1 fully saturated rings. The third kappa shape index (κ3) is 3.19. The van der Waals surface area contributed by atoms with E-state index in [9.17, 15) is 4.79 Å². The number of hydrogen-bond acceptors (Lipinski definition) is 6. The zero-order chi connectivity index (χ0) is 17.2. The van der Waals surface area contributed by atoms with Crippen molar-refractivity contribution < 1.29 is 4.79 Å². The summed E-state index contributed by atoms with van der Waals surface area (Å²) in [6.07, 6.45) is 8.80. The molecule has 0 radical (unpaired) electrons. The minimum absolute atomic E-state index is 0.0852. The van der Waals surface area contributed by atoms with Crippen LogP contribution in [0.2, 0.25) is 0 Å². The summed E-state index contributed by atoms with van der Waals surface area (Å²) < 4.78 is 0.803. The summed E-state index contributed by atoms with van der Waals surface area (Å²) in [6, 6.07) is 3.68. The second-order valence-corrected chi connectivity index (χ2v) is 7.20. The number of pyridine rings is 1. The number of fused-ring (bicyclic) bond motifs is 1. The summed E-state index contributed by atoms with van der Waals surface area (Å²) in [5, 5.41) is 4.95. The van der Waals surface area contributed by atoms with Crippen molar-refractivity contribution in [3.8, 4) is 11.4 Å². The zero-order valence-electron chi connectivity index (χ0n) is 13.7. The van der Waals surface area contributed by atoms with E-state index in [1.807, 2.05) is 17.5 Å². The monoisotopic (exact) mass is 353 g/mol. The fourth-order valence-electron chi connectivity index (χ4n) is 3.26. The molecule has 1 saturated carbocycles. The molecule has 3 aromatic heterocycles. The van der Waals surface area contributed by atoms with Gasteiger partial charge in [-0.1, -0.05) is 19.3 Å². The SMILES string of the molecule is Nc1nc(-c2ccncc2)nc2c(NC(=O)C3CCCCC3)csc12. The zero-order valence-corrected chi connectivity index (χ0v) is 14.6. The van der Waals surface area contributed by atoms with E-state index < -0.39 is 0 Å². The minimum Gasteiger partial charge on any atom is -0.382 e. The normalized spacial score (nSPS) is 15.4. The van der Waals surface area contributed by atoms with Crippen molar-refractivity contribution in [3.63, 3.8) is 0 Å². The number of nitrogens with one attached hydrogen (secondary N) is 1. The van der Waals surface area contributed by atoms with E-state index in [0.717, 1.165) is 41.6 Å². The van der Waals surface area contributed by atoms with Crippen molar-refractivity contribution in [1.82, 2.24) is 15.0 Å². The van der Waals surface area contributed by atoms with Crippen molar-refractivity contribution in [2.24, 2.45) is 5.92 Å². The van der Waals surface area contributed by atoms with Gasteiger partial charge in [-0.25, -0.2) is 9.97 Å². The first-order valence-corrected chi connectivity index (χ1v) is 9.36. The Morgan fingerprint density at radius 3 is 2.68 bits per heavy atom. The third-order valence-electron chi connectivity index (χ3n) is 4.61.